The third-order valence-corrected chi connectivity index (χ3v) is 4.18. The number of aromatic nitrogens is 1. The quantitative estimate of drug-likeness (QED) is 0.565. The summed E-state index contributed by atoms with van der Waals surface area (Å²) < 4.78 is 0.727. The molecular weight excluding hydrogens is 318 g/mol. The van der Waals surface area contributed by atoms with Crippen LogP contribution in [-0.2, 0) is 6.54 Å². The number of nitrogens with one attached hydrogen (secondary N) is 1. The normalized spacial score (nSPS) is 10.6. The molecule has 1 amide bonds. The molecule has 3 rings (SSSR count). The lowest BCUT2D eigenvalue weighted by atomic mass is 10.2. The lowest BCUT2D eigenvalue weighted by Crippen LogP contribution is -2.22. The lowest BCUT2D eigenvalue weighted by molar-refractivity contribution is -0.384. The van der Waals surface area contributed by atoms with Gasteiger partial charge in [-0.2, -0.15) is 0 Å². The van der Waals surface area contributed by atoms with E-state index in [-0.39, 0.29) is 23.9 Å². The predicted octanol–water partition coefficient (Wildman–Crippen LogP) is 2.84. The Morgan fingerprint density at radius 2 is 2.00 bits per heavy atom. The first-order chi connectivity index (χ1) is 11.0. The van der Waals surface area contributed by atoms with Gasteiger partial charge < -0.3 is 10.4 Å². The van der Waals surface area contributed by atoms with Crippen LogP contribution in [0.5, 0.6) is 5.75 Å². The van der Waals surface area contributed by atoms with E-state index >= 15 is 0 Å². The Morgan fingerprint density at radius 1 is 1.26 bits per heavy atom. The van der Waals surface area contributed by atoms with Crippen LogP contribution in [0.2, 0.25) is 0 Å². The van der Waals surface area contributed by atoms with E-state index in [2.05, 4.69) is 10.3 Å². The topological polar surface area (TPSA) is 105 Å². The van der Waals surface area contributed by atoms with Crippen LogP contribution in [-0.4, -0.2) is 20.9 Å². The Balaban J connectivity index is 1.69. The molecule has 0 atom stereocenters. The molecule has 0 saturated heterocycles. The van der Waals surface area contributed by atoms with Crippen molar-refractivity contribution >= 4 is 33.1 Å². The van der Waals surface area contributed by atoms with E-state index in [1.807, 2.05) is 0 Å². The molecule has 0 aliphatic heterocycles. The Morgan fingerprint density at radius 3 is 2.70 bits per heavy atom. The van der Waals surface area contributed by atoms with Crippen LogP contribution in [0.25, 0.3) is 10.2 Å². The van der Waals surface area contributed by atoms with Gasteiger partial charge in [-0.3, -0.25) is 14.9 Å². The zero-order chi connectivity index (χ0) is 16.4. The van der Waals surface area contributed by atoms with E-state index in [9.17, 15) is 20.0 Å². The van der Waals surface area contributed by atoms with Crippen molar-refractivity contribution in [2.24, 2.45) is 0 Å². The fraction of sp³-hybridized carbons (Fsp3) is 0.0667. The van der Waals surface area contributed by atoms with Gasteiger partial charge in [-0.1, -0.05) is 12.1 Å². The highest BCUT2D eigenvalue weighted by molar-refractivity contribution is 7.20. The Hall–Kier alpha value is -3.00. The van der Waals surface area contributed by atoms with Crippen LogP contribution in [0.4, 0.5) is 5.69 Å². The second-order valence-electron chi connectivity index (χ2n) is 4.78. The molecule has 2 aromatic carbocycles. The third-order valence-electron chi connectivity index (χ3n) is 3.17. The van der Waals surface area contributed by atoms with Crippen LogP contribution in [0.3, 0.4) is 0 Å². The summed E-state index contributed by atoms with van der Waals surface area (Å²) in [6.45, 7) is 0.248. The van der Waals surface area contributed by atoms with Crippen LogP contribution in [0.15, 0.2) is 42.5 Å². The van der Waals surface area contributed by atoms with E-state index in [4.69, 9.17) is 0 Å². The molecule has 0 unspecified atom stereocenters. The SMILES string of the molecule is O=C(NCc1ccc([N+](=O)[O-])cc1)c1nc2ccc(O)cc2s1. The number of fused-ring (bicyclic) bond motifs is 1. The van der Waals surface area contributed by atoms with E-state index in [1.54, 1.807) is 24.3 Å². The molecule has 0 bridgehead atoms. The van der Waals surface area contributed by atoms with Gasteiger partial charge in [0.2, 0.25) is 0 Å². The van der Waals surface area contributed by atoms with Gasteiger partial charge in [0.15, 0.2) is 5.01 Å². The van der Waals surface area contributed by atoms with Crippen molar-refractivity contribution in [1.29, 1.82) is 0 Å². The Labute approximate surface area is 134 Å². The van der Waals surface area contributed by atoms with Crippen molar-refractivity contribution in [2.75, 3.05) is 0 Å². The van der Waals surface area contributed by atoms with Crippen molar-refractivity contribution in [2.45, 2.75) is 6.54 Å². The van der Waals surface area contributed by atoms with Gasteiger partial charge in [-0.15, -0.1) is 11.3 Å². The number of nitrogens with zero attached hydrogens (tertiary/aromatic N) is 2. The first-order valence-corrected chi connectivity index (χ1v) is 7.45. The van der Waals surface area contributed by atoms with Gasteiger partial charge in [0.05, 0.1) is 15.1 Å². The number of amides is 1. The molecular formula is C15H11N3O4S. The molecule has 7 nitrogen and oxygen atoms in total. The molecule has 8 heteroatoms. The van der Waals surface area contributed by atoms with Crippen LogP contribution in [0.1, 0.15) is 15.4 Å². The summed E-state index contributed by atoms with van der Waals surface area (Å²) in [5, 5.41) is 23.0. The minimum absolute atomic E-state index is 0.00561. The summed E-state index contributed by atoms with van der Waals surface area (Å²) in [6.07, 6.45) is 0. The molecule has 3 aromatic rings. The summed E-state index contributed by atoms with van der Waals surface area (Å²) in [7, 11) is 0. The van der Waals surface area contributed by atoms with Crippen molar-refractivity contribution in [3.8, 4) is 5.75 Å². The zero-order valence-electron chi connectivity index (χ0n) is 11.7. The number of nitro benzene ring substituents is 1. The largest absolute Gasteiger partial charge is 0.508 e. The van der Waals surface area contributed by atoms with Crippen molar-refractivity contribution in [3.63, 3.8) is 0 Å². The summed E-state index contributed by atoms with van der Waals surface area (Å²) >= 11 is 1.19. The number of carbonyl (C=O) groups excluding carboxylic acids is 1. The van der Waals surface area contributed by atoms with Crippen LogP contribution in [0, 0.1) is 10.1 Å². The maximum Gasteiger partial charge on any atom is 0.280 e. The van der Waals surface area contributed by atoms with E-state index in [0.29, 0.717) is 10.5 Å². The zero-order valence-corrected chi connectivity index (χ0v) is 12.5. The Bertz CT molecular complexity index is 889. The number of aromatic hydroxyl groups is 1. The number of hydrogen-bond acceptors (Lipinski definition) is 6. The lowest BCUT2D eigenvalue weighted by Gasteiger charge is -2.02. The number of nitro groups is 1. The number of carbonyl (C=O) groups is 1. The molecule has 0 spiro atoms. The van der Waals surface area contributed by atoms with Crippen molar-refractivity contribution in [3.05, 3.63) is 63.1 Å². The number of phenolic OH excluding ortho intramolecular Hbond substituents is 1. The van der Waals surface area contributed by atoms with Gasteiger partial charge in [0.1, 0.15) is 5.75 Å². The standard InChI is InChI=1S/C15H11N3O4S/c19-11-5-6-12-13(7-11)23-15(17-12)14(20)16-8-9-1-3-10(4-2-9)18(21)22/h1-7,19H,8H2,(H,16,20). The highest BCUT2D eigenvalue weighted by Crippen LogP contribution is 2.25. The van der Waals surface area contributed by atoms with E-state index in [1.165, 1.54) is 29.5 Å². The number of rotatable bonds is 4. The minimum Gasteiger partial charge on any atom is -0.508 e. The van der Waals surface area contributed by atoms with Gasteiger partial charge in [0.25, 0.3) is 11.6 Å². The second-order valence-corrected chi connectivity index (χ2v) is 5.81. The van der Waals surface area contributed by atoms with Gasteiger partial charge in [0, 0.05) is 18.7 Å². The van der Waals surface area contributed by atoms with Crippen LogP contribution >= 0.6 is 11.3 Å². The number of phenols is 1. The molecule has 1 aromatic heterocycles. The first kappa shape index (κ1) is 14.9. The summed E-state index contributed by atoms with van der Waals surface area (Å²) in [5.41, 5.74) is 1.40. The van der Waals surface area contributed by atoms with Gasteiger partial charge in [-0.05, 0) is 23.8 Å². The average molecular weight is 329 g/mol. The van der Waals surface area contributed by atoms with Gasteiger partial charge >= 0.3 is 0 Å². The Kier molecular flexibility index (Phi) is 3.90. The van der Waals surface area contributed by atoms with Crippen LogP contribution < -0.4 is 5.32 Å². The molecule has 0 saturated carbocycles. The minimum atomic E-state index is -0.473. The third kappa shape index (κ3) is 3.27. The second kappa shape index (κ2) is 6.01. The molecule has 1 heterocycles. The monoisotopic (exact) mass is 329 g/mol. The summed E-state index contributed by atoms with van der Waals surface area (Å²) in [4.78, 5) is 26.4. The first-order valence-electron chi connectivity index (χ1n) is 6.64. The summed E-state index contributed by atoms with van der Waals surface area (Å²) in [5.74, 6) is -0.206. The fourth-order valence-corrected chi connectivity index (χ4v) is 2.92. The van der Waals surface area contributed by atoms with E-state index < -0.39 is 4.92 Å². The highest BCUT2D eigenvalue weighted by atomic mass is 32.1. The molecule has 0 aliphatic rings. The molecule has 116 valence electrons. The van der Waals surface area contributed by atoms with E-state index in [0.717, 1.165) is 10.3 Å². The smallest absolute Gasteiger partial charge is 0.280 e. The predicted molar refractivity (Wildman–Crippen MR) is 85.6 cm³/mol. The number of hydrogen-bond donors (Lipinski definition) is 2. The number of non-ortho nitro benzene ring substituents is 1. The van der Waals surface area contributed by atoms with Gasteiger partial charge in [-0.25, -0.2) is 4.98 Å². The maximum atomic E-state index is 12.1. The molecule has 0 aliphatic carbocycles. The summed E-state index contributed by atoms with van der Waals surface area (Å²) in [6, 6.07) is 10.7. The number of thiazole rings is 1. The van der Waals surface area contributed by atoms with Crippen molar-refractivity contribution in [1.82, 2.24) is 10.3 Å². The average Bonchev–Trinajstić information content (AvgIpc) is 2.96. The molecule has 23 heavy (non-hydrogen) atoms. The molecule has 0 radical (unpaired) electrons. The maximum absolute atomic E-state index is 12.1. The fourth-order valence-electron chi connectivity index (χ4n) is 2.00. The van der Waals surface area contributed by atoms with Crippen molar-refractivity contribution < 1.29 is 14.8 Å². The highest BCUT2D eigenvalue weighted by Gasteiger charge is 2.12. The molecule has 0 fully saturated rings. The number of benzene rings is 2. The molecule has 2 N–H and O–H groups in total.